The molecule has 29 heteroatoms. The zero-order chi connectivity index (χ0) is 75.7. The molecule has 0 spiro atoms. The number of halogens is 2. The Morgan fingerprint density at radius 2 is 0.877 bits per heavy atom. The van der Waals surface area contributed by atoms with Gasteiger partial charge in [0.05, 0.1) is 65.2 Å². The molecule has 3 unspecified atom stereocenters. The van der Waals surface area contributed by atoms with E-state index in [4.69, 9.17) is 38.9 Å². The van der Waals surface area contributed by atoms with E-state index in [-0.39, 0.29) is 31.1 Å². The number of alkyl halides is 2. The van der Waals surface area contributed by atoms with Crippen molar-refractivity contribution in [1.29, 1.82) is 0 Å². The number of likely N-dealkylation sites (N-methyl/N-ethyl adjacent to an activating group) is 1. The van der Waals surface area contributed by atoms with Gasteiger partial charge >= 0.3 is 6.61 Å². The highest BCUT2D eigenvalue weighted by Gasteiger charge is 2.45. The molecule has 0 radical (unpaired) electrons. The van der Waals surface area contributed by atoms with Crippen LogP contribution in [0.5, 0.6) is 0 Å². The third-order valence-corrected chi connectivity index (χ3v) is 21.3. The monoisotopic (exact) mass is 1460 g/mol. The molecular formula is C77H112F2N22O5. The van der Waals surface area contributed by atoms with E-state index in [1.807, 2.05) is 30.5 Å². The molecule has 574 valence electrons. The third-order valence-electron chi connectivity index (χ3n) is 21.3. The number of allylic oxidation sites excluding steroid dienone is 7. The summed E-state index contributed by atoms with van der Waals surface area (Å²) in [5, 5.41) is 20.0. The van der Waals surface area contributed by atoms with Gasteiger partial charge in [-0.05, 0) is 140 Å². The first kappa shape index (κ1) is 76.6. The number of rotatable bonds is 19. The topological polar surface area (TPSA) is 188 Å². The van der Waals surface area contributed by atoms with Crippen LogP contribution in [-0.4, -0.2) is 248 Å². The fraction of sp³-hybridized carbons (Fsp3) is 0.558. The number of hydrogen-bond acceptors (Lipinski definition) is 25. The first-order chi connectivity index (χ1) is 51.0. The van der Waals surface area contributed by atoms with Crippen LogP contribution >= 0.6 is 0 Å². The van der Waals surface area contributed by atoms with Crippen molar-refractivity contribution in [3.8, 4) is 0 Å². The summed E-state index contributed by atoms with van der Waals surface area (Å²) in [7, 11) is 7.58. The van der Waals surface area contributed by atoms with Gasteiger partial charge in [-0.2, -0.15) is 8.78 Å². The fourth-order valence-corrected chi connectivity index (χ4v) is 16.0. The van der Waals surface area contributed by atoms with Crippen molar-refractivity contribution in [3.63, 3.8) is 0 Å². The molecule has 106 heavy (non-hydrogen) atoms. The van der Waals surface area contributed by atoms with Gasteiger partial charge in [-0.3, -0.25) is 35.2 Å². The van der Waals surface area contributed by atoms with Crippen molar-refractivity contribution in [3.05, 3.63) is 174 Å². The van der Waals surface area contributed by atoms with E-state index in [1.54, 1.807) is 40.7 Å². The molecule has 0 aliphatic carbocycles. The molecule has 3 atom stereocenters. The molecule has 2 aromatic rings. The van der Waals surface area contributed by atoms with Gasteiger partial charge in [-0.15, -0.1) is 0 Å². The van der Waals surface area contributed by atoms with Crippen molar-refractivity contribution < 1.29 is 32.9 Å². The molecule has 15 heterocycles. The lowest BCUT2D eigenvalue weighted by Gasteiger charge is -2.45. The lowest BCUT2D eigenvalue weighted by Crippen LogP contribution is -2.52. The second kappa shape index (κ2) is 32.6. The van der Waals surface area contributed by atoms with E-state index in [1.165, 1.54) is 39.3 Å². The van der Waals surface area contributed by atoms with Crippen LogP contribution in [-0.2, 0) is 31.8 Å². The average Bonchev–Trinajstić information content (AvgIpc) is 1.45. The predicted octanol–water partition coefficient (Wildman–Crippen LogP) is 10.7. The van der Waals surface area contributed by atoms with Crippen LogP contribution in [0, 0.1) is 13.8 Å². The standard InChI is InChI=1S/C22H32N6O.C21H30N6O.C20H32N6O.C14H18F2N4O2/c1-7-9-19-24-15(3)12-28(19)25-13-18-11-23-20-16(4)17(5)22(29-6)26(10-8-2)21(20)27(18)14-25;1-7-9-25-20-19(15(4)16(5)21(25)28-6)22-10-17-12-24(13-26(17)20)27-11-14(3)23-18(27)8-2;1-6-7-25-19-18(15(2)16(3)20(25)27-5)21-12-17-13-24(14-26(17)19)23-10-8-22(4)9-11-23;1-3-4-18-6-9(2)12(22-14(15)16)11-13(18)20-8-19(21)7-10(20)5-17-11/h11-13,22H,7-10,14H2,1-6H3;10-12,21H,7-9,13H2,1-6H3;12-13,20H,6-11,14H2,1-5H3;5,7,14,21H,3-4,6,8H2,1-2H3. The molecule has 15 rings (SSSR count). The molecule has 0 bridgehead atoms. The molecule has 0 aromatic carbocycles. The number of hydrazine groups is 1. The number of nitrogens with zero attached hydrogens (tertiary/aromatic N) is 22. The normalized spacial score (nSPS) is 22.7. The number of methoxy groups -OCH3 is 3. The summed E-state index contributed by atoms with van der Waals surface area (Å²) in [6.45, 7) is 39.9. The van der Waals surface area contributed by atoms with Gasteiger partial charge in [0, 0.05) is 124 Å². The van der Waals surface area contributed by atoms with Gasteiger partial charge in [0.15, 0.2) is 24.4 Å². The maximum atomic E-state index is 12.7. The van der Waals surface area contributed by atoms with Gasteiger partial charge in [0.2, 0.25) is 0 Å². The maximum absolute atomic E-state index is 12.7. The van der Waals surface area contributed by atoms with Crippen LogP contribution in [0.15, 0.2) is 171 Å². The molecule has 2 aromatic heterocycles. The highest BCUT2D eigenvalue weighted by atomic mass is 19.3. The summed E-state index contributed by atoms with van der Waals surface area (Å²) in [4.78, 5) is 48.7. The lowest BCUT2D eigenvalue weighted by molar-refractivity contribution is -0.0963. The molecule has 0 amide bonds. The second-order valence-electron chi connectivity index (χ2n) is 28.8. The van der Waals surface area contributed by atoms with E-state index >= 15 is 0 Å². The molecule has 1 saturated heterocycles. The van der Waals surface area contributed by atoms with Crippen LogP contribution in [0.3, 0.4) is 0 Å². The van der Waals surface area contributed by atoms with Crippen molar-refractivity contribution in [2.45, 2.75) is 174 Å². The van der Waals surface area contributed by atoms with Crippen LogP contribution in [0.1, 0.15) is 145 Å². The molecule has 1 N–H and O–H groups in total. The number of aryl methyl sites for hydroxylation is 4. The molecule has 1 fully saturated rings. The van der Waals surface area contributed by atoms with Gasteiger partial charge in [0.25, 0.3) is 0 Å². The highest BCUT2D eigenvalue weighted by molar-refractivity contribution is 5.85. The predicted molar refractivity (Wildman–Crippen MR) is 410 cm³/mol. The van der Waals surface area contributed by atoms with Gasteiger partial charge in [0.1, 0.15) is 84.4 Å². The van der Waals surface area contributed by atoms with Crippen molar-refractivity contribution in [2.24, 2.45) is 20.0 Å². The highest BCUT2D eigenvalue weighted by Crippen LogP contribution is 2.44. The Morgan fingerprint density at radius 3 is 1.29 bits per heavy atom. The second-order valence-corrected chi connectivity index (χ2v) is 28.8. The zero-order valence-electron chi connectivity index (χ0n) is 65.9. The van der Waals surface area contributed by atoms with Crippen molar-refractivity contribution in [2.75, 3.05) is 124 Å². The summed E-state index contributed by atoms with van der Waals surface area (Å²) in [5.41, 5.74) is 17.8. The Kier molecular flexibility index (Phi) is 23.6. The first-order valence-electron chi connectivity index (χ1n) is 37.8. The number of piperazine rings is 1. The zero-order valence-corrected chi connectivity index (χ0v) is 65.9. The SMILES string of the molecule is CCCN1C2=C(N=CC3=CN(N4CCN(C)CC4)CN32)C(C)=C(C)C1OC.CCCN1C2=C(N=CC3=CN(n4cc(C)nc4CC)CN32)C(C)=C(C)C1OC.CCCN1CC(C)=C(OC(F)F)C2=C1N1CN(O)C=C1C=N2.CCCc1nc(C)cn1N1C=C2C=NC3=C(N2C1)N(CCC)C(OC)C(C)=C3C. The Bertz CT molecular complexity index is 4190. The minimum absolute atomic E-state index is 0.0177. The van der Waals surface area contributed by atoms with E-state index < -0.39 is 6.61 Å². The van der Waals surface area contributed by atoms with Gasteiger partial charge in [-0.1, -0.05) is 41.5 Å². The van der Waals surface area contributed by atoms with E-state index in [0.29, 0.717) is 18.1 Å². The maximum Gasteiger partial charge on any atom is 0.387 e. The van der Waals surface area contributed by atoms with Crippen molar-refractivity contribution >= 4 is 24.9 Å². The van der Waals surface area contributed by atoms with Gasteiger partial charge < -0.3 is 63.0 Å². The molecule has 0 saturated carbocycles. The number of hydrogen-bond donors (Lipinski definition) is 1. The lowest BCUT2D eigenvalue weighted by atomic mass is 10.00. The summed E-state index contributed by atoms with van der Waals surface area (Å²) >= 11 is 0. The van der Waals surface area contributed by atoms with E-state index in [0.717, 1.165) is 203 Å². The van der Waals surface area contributed by atoms with Crippen LogP contribution in [0.2, 0.25) is 0 Å². The number of ether oxygens (including phenoxy) is 4. The van der Waals surface area contributed by atoms with E-state index in [9.17, 15) is 14.0 Å². The minimum atomic E-state index is -2.89. The first-order valence-corrected chi connectivity index (χ1v) is 37.8. The smallest absolute Gasteiger partial charge is 0.387 e. The minimum Gasteiger partial charge on any atom is -0.432 e. The van der Waals surface area contributed by atoms with Crippen LogP contribution < -0.4 is 10.0 Å². The van der Waals surface area contributed by atoms with Crippen LogP contribution in [0.25, 0.3) is 0 Å². The van der Waals surface area contributed by atoms with E-state index in [2.05, 4.69) is 207 Å². The Hall–Kier alpha value is -9.00. The molecular weight excluding hydrogens is 1350 g/mol. The number of aliphatic imine (C=N–C) groups is 4. The average molecular weight is 1460 g/mol. The molecule has 27 nitrogen and oxygen atoms in total. The third kappa shape index (κ3) is 14.6. The summed E-state index contributed by atoms with van der Waals surface area (Å²) < 4.78 is 52.2. The molecule has 13 aliphatic rings. The summed E-state index contributed by atoms with van der Waals surface area (Å²) in [6.07, 6.45) is 26.7. The summed E-state index contributed by atoms with van der Waals surface area (Å²) in [5.74, 6) is 6.48. The Morgan fingerprint density at radius 1 is 0.481 bits per heavy atom. The van der Waals surface area contributed by atoms with Crippen LogP contribution in [0.4, 0.5) is 8.78 Å². The number of hydroxylamine groups is 2. The quantitative estimate of drug-likeness (QED) is 0.140. The number of fused-ring (bicyclic) bond motifs is 8. The fourth-order valence-electron chi connectivity index (χ4n) is 16.0. The number of imidazole rings is 2. The Labute approximate surface area is 625 Å². The van der Waals surface area contributed by atoms with Crippen molar-refractivity contribution in [1.82, 2.24) is 78.5 Å². The number of aromatic nitrogens is 4. The largest absolute Gasteiger partial charge is 0.432 e. The molecule has 13 aliphatic heterocycles. The summed E-state index contributed by atoms with van der Waals surface area (Å²) in [6, 6.07) is 0. The van der Waals surface area contributed by atoms with Gasteiger partial charge in [-0.25, -0.2) is 34.4 Å². The Balaban J connectivity index is 0.000000133.